The van der Waals surface area contributed by atoms with E-state index < -0.39 is 30.3 Å². The number of aliphatic imine (C=N–C) groups is 1. The van der Waals surface area contributed by atoms with Crippen LogP contribution < -0.4 is 15.1 Å². The fourth-order valence-corrected chi connectivity index (χ4v) is 3.89. The zero-order chi connectivity index (χ0) is 25.4. The smallest absolute Gasteiger partial charge is 0.302 e. The second kappa shape index (κ2) is 12.3. The lowest BCUT2D eigenvalue weighted by molar-refractivity contribution is -0.140. The molecule has 0 aromatic carbocycles. The van der Waals surface area contributed by atoms with Gasteiger partial charge in [0, 0.05) is 26.2 Å². The number of ether oxygens (including phenoxy) is 2. The van der Waals surface area contributed by atoms with E-state index in [4.69, 9.17) is 14.9 Å². The number of alkyl halides is 2. The van der Waals surface area contributed by atoms with Gasteiger partial charge in [0.05, 0.1) is 37.4 Å². The number of rotatable bonds is 8. The summed E-state index contributed by atoms with van der Waals surface area (Å²) in [6.07, 6.45) is 5.32. The SMILES string of the molecule is CC.CC(=O)OCCNc1nc(N2CCOCC2)nc(N2C(C(F)F)=NC3C=CC=CC32)c1C=N. The molecule has 0 saturated carbocycles. The number of halogens is 2. The van der Waals surface area contributed by atoms with Gasteiger partial charge in [0.25, 0.3) is 6.43 Å². The first-order valence-electron chi connectivity index (χ1n) is 11.6. The molecule has 0 amide bonds. The van der Waals surface area contributed by atoms with Crippen LogP contribution in [0.15, 0.2) is 29.3 Å². The average molecular weight is 492 g/mol. The summed E-state index contributed by atoms with van der Waals surface area (Å²) in [4.78, 5) is 27.8. The lowest BCUT2D eigenvalue weighted by atomic mass is 10.0. The first kappa shape index (κ1) is 26.2. The van der Waals surface area contributed by atoms with Gasteiger partial charge in [-0.15, -0.1) is 0 Å². The van der Waals surface area contributed by atoms with Crippen LogP contribution in [-0.2, 0) is 14.3 Å². The van der Waals surface area contributed by atoms with Gasteiger partial charge in [-0.25, -0.2) is 8.78 Å². The Labute approximate surface area is 203 Å². The minimum Gasteiger partial charge on any atom is -0.464 e. The van der Waals surface area contributed by atoms with Gasteiger partial charge in [-0.05, 0) is 0 Å². The maximum absolute atomic E-state index is 14.0. The number of esters is 1. The van der Waals surface area contributed by atoms with Gasteiger partial charge in [-0.2, -0.15) is 9.97 Å². The molecule has 0 bridgehead atoms. The predicted molar refractivity (Wildman–Crippen MR) is 131 cm³/mol. The fraction of sp³-hybridized carbons (Fsp3) is 0.522. The number of fused-ring (bicyclic) bond motifs is 1. The van der Waals surface area contributed by atoms with Gasteiger partial charge in [-0.1, -0.05) is 38.2 Å². The van der Waals surface area contributed by atoms with Gasteiger partial charge in [-0.3, -0.25) is 14.7 Å². The number of hydrogen-bond acceptors (Lipinski definition) is 10. The standard InChI is InChI=1S/C21H25F2N7O3.C2H6/c1-13(31)33-9-6-25-18-14(12-24)19(28-21(27-18)29-7-10-32-11-8-29)30-16-5-3-2-4-15(16)26-20(30)17(22)23;1-2/h2-5,12,15-17,24H,6-11H2,1H3,(H,25,27,28);1-2H3. The van der Waals surface area contributed by atoms with E-state index in [9.17, 15) is 13.6 Å². The van der Waals surface area contributed by atoms with E-state index in [2.05, 4.69) is 20.3 Å². The van der Waals surface area contributed by atoms with Gasteiger partial charge < -0.3 is 25.1 Å². The van der Waals surface area contributed by atoms with Crippen molar-refractivity contribution in [1.29, 1.82) is 5.41 Å². The Balaban J connectivity index is 0.00000167. The highest BCUT2D eigenvalue weighted by Crippen LogP contribution is 2.35. The van der Waals surface area contributed by atoms with Crippen LogP contribution in [0, 0.1) is 5.41 Å². The monoisotopic (exact) mass is 491 g/mol. The third-order valence-corrected chi connectivity index (χ3v) is 5.38. The molecule has 0 radical (unpaired) electrons. The zero-order valence-corrected chi connectivity index (χ0v) is 20.1. The van der Waals surface area contributed by atoms with Crippen LogP contribution in [0.3, 0.4) is 0 Å². The summed E-state index contributed by atoms with van der Waals surface area (Å²) in [7, 11) is 0. The van der Waals surface area contributed by atoms with E-state index in [1.54, 1.807) is 24.3 Å². The van der Waals surface area contributed by atoms with Gasteiger partial charge >= 0.3 is 5.97 Å². The van der Waals surface area contributed by atoms with E-state index in [1.165, 1.54) is 11.8 Å². The first-order valence-corrected chi connectivity index (χ1v) is 11.6. The molecule has 0 spiro atoms. The highest BCUT2D eigenvalue weighted by atomic mass is 19.3. The highest BCUT2D eigenvalue weighted by molar-refractivity contribution is 6.06. The minimum absolute atomic E-state index is 0.0880. The Morgan fingerprint density at radius 1 is 1.29 bits per heavy atom. The second-order valence-corrected chi connectivity index (χ2v) is 7.53. The van der Waals surface area contributed by atoms with E-state index >= 15 is 0 Å². The number of anilines is 3. The Bertz CT molecular complexity index is 994. The number of morpholine rings is 1. The van der Waals surface area contributed by atoms with Crippen molar-refractivity contribution >= 4 is 35.6 Å². The normalized spacial score (nSPS) is 20.7. The molecule has 10 nitrogen and oxygen atoms in total. The quantitative estimate of drug-likeness (QED) is 0.324. The third kappa shape index (κ3) is 5.99. The molecule has 1 saturated heterocycles. The minimum atomic E-state index is -2.82. The first-order chi connectivity index (χ1) is 17.0. The Morgan fingerprint density at radius 3 is 2.66 bits per heavy atom. The van der Waals surface area contributed by atoms with Crippen molar-refractivity contribution in [2.75, 3.05) is 54.6 Å². The number of hydrogen-bond donors (Lipinski definition) is 2. The van der Waals surface area contributed by atoms with Gasteiger partial charge in [0.2, 0.25) is 5.95 Å². The van der Waals surface area contributed by atoms with Crippen LogP contribution in [-0.4, -0.2) is 86.0 Å². The summed E-state index contributed by atoms with van der Waals surface area (Å²) in [6, 6.07) is -0.959. The van der Waals surface area contributed by atoms with Gasteiger partial charge in [0.1, 0.15) is 12.4 Å². The van der Waals surface area contributed by atoms with E-state index in [0.29, 0.717) is 32.3 Å². The van der Waals surface area contributed by atoms with Gasteiger partial charge in [0.15, 0.2) is 11.7 Å². The molecular weight excluding hydrogens is 460 g/mol. The van der Waals surface area contributed by atoms with Crippen molar-refractivity contribution < 1.29 is 23.0 Å². The number of amidine groups is 1. The molecule has 12 heteroatoms. The number of nitrogens with zero attached hydrogens (tertiary/aromatic N) is 5. The number of carbonyl (C=O) groups excluding carboxylic acids is 1. The average Bonchev–Trinajstić information content (AvgIpc) is 3.27. The molecule has 4 rings (SSSR count). The van der Waals surface area contributed by atoms with E-state index in [1.807, 2.05) is 18.7 Å². The molecule has 1 aromatic rings. The van der Waals surface area contributed by atoms with Crippen LogP contribution >= 0.6 is 0 Å². The van der Waals surface area contributed by atoms with Crippen LogP contribution in [0.25, 0.3) is 0 Å². The maximum atomic E-state index is 14.0. The van der Waals surface area contributed by atoms with Crippen LogP contribution in [0.5, 0.6) is 0 Å². The molecule has 1 aromatic heterocycles. The second-order valence-electron chi connectivity index (χ2n) is 7.53. The van der Waals surface area contributed by atoms with Crippen LogP contribution in [0.2, 0.25) is 0 Å². The van der Waals surface area contributed by atoms with Crippen molar-refractivity contribution in [3.05, 3.63) is 29.9 Å². The van der Waals surface area contributed by atoms with E-state index in [0.717, 1.165) is 6.21 Å². The number of nitrogens with one attached hydrogen (secondary N) is 2. The molecule has 3 heterocycles. The lowest BCUT2D eigenvalue weighted by Gasteiger charge is -2.32. The molecule has 1 fully saturated rings. The molecular formula is C23H31F2N7O3. The van der Waals surface area contributed by atoms with Crippen molar-refractivity contribution in [3.63, 3.8) is 0 Å². The summed E-state index contributed by atoms with van der Waals surface area (Å²) in [6.45, 7) is 7.69. The number of allylic oxidation sites excluding steroid dienone is 2. The van der Waals surface area contributed by atoms with Crippen molar-refractivity contribution in [2.45, 2.75) is 39.3 Å². The summed E-state index contributed by atoms with van der Waals surface area (Å²) < 4.78 is 38.4. The third-order valence-electron chi connectivity index (χ3n) is 5.38. The summed E-state index contributed by atoms with van der Waals surface area (Å²) in [5, 5.41) is 11.1. The summed E-state index contributed by atoms with van der Waals surface area (Å²) >= 11 is 0. The fourth-order valence-electron chi connectivity index (χ4n) is 3.89. The number of aromatic nitrogens is 2. The Hall–Kier alpha value is -3.41. The number of carbonyl (C=O) groups is 1. The molecule has 2 N–H and O–H groups in total. The lowest BCUT2D eigenvalue weighted by Crippen LogP contribution is -2.43. The summed E-state index contributed by atoms with van der Waals surface area (Å²) in [5.74, 6) is -0.0263. The van der Waals surface area contributed by atoms with E-state index in [-0.39, 0.29) is 30.4 Å². The highest BCUT2D eigenvalue weighted by Gasteiger charge is 2.41. The Kier molecular flexibility index (Phi) is 9.24. The summed E-state index contributed by atoms with van der Waals surface area (Å²) in [5.41, 5.74) is 0.242. The van der Waals surface area contributed by atoms with Crippen molar-refractivity contribution in [3.8, 4) is 0 Å². The molecule has 35 heavy (non-hydrogen) atoms. The molecule has 2 aliphatic heterocycles. The largest absolute Gasteiger partial charge is 0.464 e. The molecule has 1 aliphatic carbocycles. The Morgan fingerprint density at radius 2 is 2.00 bits per heavy atom. The van der Waals surface area contributed by atoms with Crippen LogP contribution in [0.4, 0.5) is 26.4 Å². The van der Waals surface area contributed by atoms with Crippen molar-refractivity contribution in [2.24, 2.45) is 4.99 Å². The molecule has 2 atom stereocenters. The zero-order valence-electron chi connectivity index (χ0n) is 20.1. The molecule has 190 valence electrons. The molecule has 2 unspecified atom stereocenters. The predicted octanol–water partition coefficient (Wildman–Crippen LogP) is 2.66. The maximum Gasteiger partial charge on any atom is 0.302 e. The molecule has 3 aliphatic rings. The van der Waals surface area contributed by atoms with Crippen molar-refractivity contribution in [1.82, 2.24) is 9.97 Å². The van der Waals surface area contributed by atoms with Crippen LogP contribution in [0.1, 0.15) is 26.3 Å². The topological polar surface area (TPSA) is 116 Å².